The molecule has 0 aromatic heterocycles. The van der Waals surface area contributed by atoms with E-state index < -0.39 is 23.4 Å². The summed E-state index contributed by atoms with van der Waals surface area (Å²) in [4.78, 5) is 30.8. The number of hydrogen-bond donors (Lipinski definition) is 0. The van der Waals surface area contributed by atoms with Gasteiger partial charge in [0.05, 0.1) is 26.9 Å². The highest BCUT2D eigenvalue weighted by Crippen LogP contribution is 2.54. The smallest absolute Gasteiger partial charge is 0.325 e. The molecule has 0 N–H and O–H groups in total. The Labute approximate surface area is 128 Å². The number of esters is 2. The standard InChI is InChI=1S/C16H19NO5/c1-20-14(18)16(15(19)21-2)10-12-8-9-22-17(12)13(16)11-6-4-3-5-7-11/h3-7,12-13H,8-10H2,1-2H3/t12-,13-/m0/s1. The molecule has 0 spiro atoms. The monoisotopic (exact) mass is 305 g/mol. The zero-order chi connectivity index (χ0) is 15.7. The molecule has 0 amide bonds. The van der Waals surface area contributed by atoms with Crippen molar-refractivity contribution in [2.75, 3.05) is 20.8 Å². The van der Waals surface area contributed by atoms with Crippen molar-refractivity contribution in [3.8, 4) is 0 Å². The van der Waals surface area contributed by atoms with Gasteiger partial charge in [0.1, 0.15) is 0 Å². The Hall–Kier alpha value is -1.92. The van der Waals surface area contributed by atoms with Crippen LogP contribution in [-0.4, -0.2) is 43.9 Å². The van der Waals surface area contributed by atoms with Gasteiger partial charge in [-0.1, -0.05) is 30.3 Å². The van der Waals surface area contributed by atoms with Crippen molar-refractivity contribution in [3.05, 3.63) is 35.9 Å². The first kappa shape index (κ1) is 15.0. The van der Waals surface area contributed by atoms with Gasteiger partial charge in [0.2, 0.25) is 0 Å². The summed E-state index contributed by atoms with van der Waals surface area (Å²) in [5, 5.41) is 1.77. The fraction of sp³-hybridized carbons (Fsp3) is 0.500. The molecule has 1 aromatic carbocycles. The van der Waals surface area contributed by atoms with E-state index in [-0.39, 0.29) is 6.04 Å². The second-order valence-corrected chi connectivity index (χ2v) is 5.61. The van der Waals surface area contributed by atoms with Crippen molar-refractivity contribution in [2.45, 2.75) is 24.9 Å². The maximum absolute atomic E-state index is 12.5. The number of nitrogens with zero attached hydrogens (tertiary/aromatic N) is 1. The summed E-state index contributed by atoms with van der Waals surface area (Å²) in [5.74, 6) is -1.16. The van der Waals surface area contributed by atoms with Crippen LogP contribution in [0.5, 0.6) is 0 Å². The van der Waals surface area contributed by atoms with E-state index in [1.54, 1.807) is 5.06 Å². The predicted molar refractivity (Wildman–Crippen MR) is 76.5 cm³/mol. The molecule has 0 radical (unpaired) electrons. The minimum absolute atomic E-state index is 0.00315. The maximum Gasteiger partial charge on any atom is 0.325 e. The van der Waals surface area contributed by atoms with Gasteiger partial charge in [-0.25, -0.2) is 0 Å². The van der Waals surface area contributed by atoms with Crippen molar-refractivity contribution >= 4 is 11.9 Å². The molecule has 0 aliphatic carbocycles. The zero-order valence-corrected chi connectivity index (χ0v) is 12.7. The Bertz CT molecular complexity index is 557. The van der Waals surface area contributed by atoms with E-state index in [1.165, 1.54) is 14.2 Å². The Morgan fingerprint density at radius 1 is 1.18 bits per heavy atom. The molecule has 118 valence electrons. The molecule has 0 saturated carbocycles. The summed E-state index contributed by atoms with van der Waals surface area (Å²) in [6, 6.07) is 8.86. The van der Waals surface area contributed by atoms with E-state index in [9.17, 15) is 9.59 Å². The number of hydrogen-bond acceptors (Lipinski definition) is 6. The van der Waals surface area contributed by atoms with Crippen LogP contribution in [0.15, 0.2) is 30.3 Å². The number of hydroxylamine groups is 2. The van der Waals surface area contributed by atoms with Crippen molar-refractivity contribution < 1.29 is 23.9 Å². The topological polar surface area (TPSA) is 65.1 Å². The Kier molecular flexibility index (Phi) is 3.88. The largest absolute Gasteiger partial charge is 0.468 e. The van der Waals surface area contributed by atoms with Gasteiger partial charge in [-0.05, 0) is 18.4 Å². The molecule has 1 aromatic rings. The second-order valence-electron chi connectivity index (χ2n) is 5.61. The van der Waals surface area contributed by atoms with E-state index in [2.05, 4.69) is 0 Å². The van der Waals surface area contributed by atoms with E-state index in [0.717, 1.165) is 12.0 Å². The third-order valence-electron chi connectivity index (χ3n) is 4.54. The lowest BCUT2D eigenvalue weighted by Gasteiger charge is -2.32. The molecule has 6 heteroatoms. The van der Waals surface area contributed by atoms with Gasteiger partial charge in [0.15, 0.2) is 5.41 Å². The van der Waals surface area contributed by atoms with Crippen LogP contribution >= 0.6 is 0 Å². The van der Waals surface area contributed by atoms with Crippen LogP contribution in [0.4, 0.5) is 0 Å². The molecule has 2 fully saturated rings. The molecule has 0 unspecified atom stereocenters. The highest BCUT2D eigenvalue weighted by molar-refractivity contribution is 6.01. The lowest BCUT2D eigenvalue weighted by Crippen LogP contribution is -2.45. The van der Waals surface area contributed by atoms with Crippen LogP contribution in [-0.2, 0) is 23.9 Å². The van der Waals surface area contributed by atoms with Gasteiger partial charge in [-0.2, -0.15) is 5.06 Å². The highest BCUT2D eigenvalue weighted by atomic mass is 16.7. The van der Waals surface area contributed by atoms with Crippen molar-refractivity contribution in [1.29, 1.82) is 0 Å². The summed E-state index contributed by atoms with van der Waals surface area (Å²) in [5.41, 5.74) is -0.557. The SMILES string of the molecule is COC(=O)C1(C(=O)OC)C[C@@H]2CCON2[C@H]1c1ccccc1. The average Bonchev–Trinajstić information content (AvgIpc) is 3.12. The first-order chi connectivity index (χ1) is 10.6. The molecule has 6 nitrogen and oxygen atoms in total. The van der Waals surface area contributed by atoms with E-state index in [1.807, 2.05) is 30.3 Å². The van der Waals surface area contributed by atoms with Gasteiger partial charge in [0.25, 0.3) is 0 Å². The number of carbonyl (C=O) groups excluding carboxylic acids is 2. The lowest BCUT2D eigenvalue weighted by atomic mass is 9.76. The quantitative estimate of drug-likeness (QED) is 0.622. The molecular formula is C16H19NO5. The third kappa shape index (κ3) is 2.02. The van der Waals surface area contributed by atoms with Gasteiger partial charge in [0, 0.05) is 6.04 Å². The Morgan fingerprint density at radius 2 is 1.82 bits per heavy atom. The summed E-state index contributed by atoms with van der Waals surface area (Å²) >= 11 is 0. The van der Waals surface area contributed by atoms with Crippen LogP contribution in [0.1, 0.15) is 24.4 Å². The minimum atomic E-state index is -1.39. The maximum atomic E-state index is 12.5. The summed E-state index contributed by atoms with van der Waals surface area (Å²) in [6.07, 6.45) is 1.12. The molecule has 2 aliphatic heterocycles. The van der Waals surface area contributed by atoms with Crippen molar-refractivity contribution in [3.63, 3.8) is 0 Å². The van der Waals surface area contributed by atoms with Crippen molar-refractivity contribution in [2.24, 2.45) is 5.41 Å². The number of carbonyl (C=O) groups is 2. The summed E-state index contributed by atoms with van der Waals surface area (Å²) in [7, 11) is 2.58. The fourth-order valence-corrected chi connectivity index (χ4v) is 3.61. The molecule has 0 bridgehead atoms. The normalized spacial score (nSPS) is 26.5. The number of fused-ring (bicyclic) bond motifs is 1. The van der Waals surface area contributed by atoms with E-state index in [4.69, 9.17) is 14.3 Å². The number of benzene rings is 1. The van der Waals surface area contributed by atoms with E-state index >= 15 is 0 Å². The number of methoxy groups -OCH3 is 2. The van der Waals surface area contributed by atoms with Crippen LogP contribution < -0.4 is 0 Å². The predicted octanol–water partition coefficient (Wildman–Crippen LogP) is 1.47. The molecule has 3 rings (SSSR count). The molecule has 22 heavy (non-hydrogen) atoms. The number of rotatable bonds is 3. The lowest BCUT2D eigenvalue weighted by molar-refractivity contribution is -0.187. The summed E-state index contributed by atoms with van der Waals surface area (Å²) in [6.45, 7) is 0.590. The van der Waals surface area contributed by atoms with Gasteiger partial charge < -0.3 is 9.47 Å². The molecule has 2 saturated heterocycles. The zero-order valence-electron chi connectivity index (χ0n) is 12.7. The fourth-order valence-electron chi connectivity index (χ4n) is 3.61. The molecule has 2 heterocycles. The average molecular weight is 305 g/mol. The highest BCUT2D eigenvalue weighted by Gasteiger charge is 2.65. The van der Waals surface area contributed by atoms with E-state index in [0.29, 0.717) is 13.0 Å². The molecule has 2 atom stereocenters. The summed E-state index contributed by atoms with van der Waals surface area (Å²) < 4.78 is 9.91. The van der Waals surface area contributed by atoms with Gasteiger partial charge in [-0.3, -0.25) is 14.4 Å². The number of ether oxygens (including phenoxy) is 2. The first-order valence-corrected chi connectivity index (χ1v) is 7.28. The van der Waals surface area contributed by atoms with Crippen LogP contribution in [0.3, 0.4) is 0 Å². The molecule has 2 aliphatic rings. The third-order valence-corrected chi connectivity index (χ3v) is 4.54. The van der Waals surface area contributed by atoms with Crippen LogP contribution in [0.2, 0.25) is 0 Å². The Balaban J connectivity index is 2.13. The van der Waals surface area contributed by atoms with Crippen LogP contribution in [0.25, 0.3) is 0 Å². The van der Waals surface area contributed by atoms with Gasteiger partial charge >= 0.3 is 11.9 Å². The Morgan fingerprint density at radius 3 is 2.41 bits per heavy atom. The van der Waals surface area contributed by atoms with Crippen LogP contribution in [0, 0.1) is 5.41 Å². The first-order valence-electron chi connectivity index (χ1n) is 7.28. The molecular weight excluding hydrogens is 286 g/mol. The van der Waals surface area contributed by atoms with Crippen molar-refractivity contribution in [1.82, 2.24) is 5.06 Å². The van der Waals surface area contributed by atoms with Gasteiger partial charge in [-0.15, -0.1) is 0 Å². The minimum Gasteiger partial charge on any atom is -0.468 e. The second kappa shape index (κ2) is 5.70.